The molecule has 1 N–H and O–H groups in total. The molecular formula is C16H21F2N3O. The SMILES string of the molecule is Cc1ccc(F)c(CNC(=O)N2CCN3CCC[C@@H]3C2)c1F. The molecule has 2 aliphatic heterocycles. The van der Waals surface area contributed by atoms with E-state index in [4.69, 9.17) is 0 Å². The maximum absolute atomic E-state index is 13.9. The van der Waals surface area contributed by atoms with Gasteiger partial charge in [-0.2, -0.15) is 0 Å². The van der Waals surface area contributed by atoms with Crippen molar-refractivity contribution in [1.82, 2.24) is 15.1 Å². The van der Waals surface area contributed by atoms with E-state index in [1.54, 1.807) is 11.8 Å². The Hall–Kier alpha value is -1.69. The van der Waals surface area contributed by atoms with E-state index in [2.05, 4.69) is 10.2 Å². The molecular weight excluding hydrogens is 288 g/mol. The molecule has 0 spiro atoms. The van der Waals surface area contributed by atoms with Gasteiger partial charge in [-0.05, 0) is 37.9 Å². The molecule has 1 atom stereocenters. The lowest BCUT2D eigenvalue weighted by Gasteiger charge is -2.37. The molecule has 1 aromatic carbocycles. The Morgan fingerprint density at radius 1 is 1.32 bits per heavy atom. The van der Waals surface area contributed by atoms with Crippen molar-refractivity contribution in [3.8, 4) is 0 Å². The normalized spacial score (nSPS) is 21.8. The summed E-state index contributed by atoms with van der Waals surface area (Å²) in [6, 6.07) is 2.82. The number of hydrogen-bond acceptors (Lipinski definition) is 2. The highest BCUT2D eigenvalue weighted by Gasteiger charge is 2.32. The van der Waals surface area contributed by atoms with E-state index in [0.29, 0.717) is 24.7 Å². The number of amides is 2. The number of carbonyl (C=O) groups is 1. The molecule has 0 aliphatic carbocycles. The fraction of sp³-hybridized carbons (Fsp3) is 0.562. The Kier molecular flexibility index (Phi) is 4.29. The van der Waals surface area contributed by atoms with Gasteiger partial charge in [0.05, 0.1) is 6.54 Å². The maximum Gasteiger partial charge on any atom is 0.317 e. The molecule has 0 unspecified atom stereocenters. The highest BCUT2D eigenvalue weighted by Crippen LogP contribution is 2.21. The minimum absolute atomic E-state index is 0.0761. The first-order valence-electron chi connectivity index (χ1n) is 7.76. The number of hydrogen-bond donors (Lipinski definition) is 1. The summed E-state index contributed by atoms with van der Waals surface area (Å²) in [7, 11) is 0. The number of benzene rings is 1. The highest BCUT2D eigenvalue weighted by atomic mass is 19.1. The van der Waals surface area contributed by atoms with Crippen molar-refractivity contribution < 1.29 is 13.6 Å². The highest BCUT2D eigenvalue weighted by molar-refractivity contribution is 5.74. The number of halogens is 2. The summed E-state index contributed by atoms with van der Waals surface area (Å²) in [5.41, 5.74) is 0.304. The molecule has 4 nitrogen and oxygen atoms in total. The fourth-order valence-corrected chi connectivity index (χ4v) is 3.33. The second-order valence-electron chi connectivity index (χ2n) is 6.09. The van der Waals surface area contributed by atoms with Crippen LogP contribution in [0.4, 0.5) is 13.6 Å². The Balaban J connectivity index is 1.60. The Morgan fingerprint density at radius 2 is 2.14 bits per heavy atom. The van der Waals surface area contributed by atoms with Gasteiger partial charge in [0.15, 0.2) is 0 Å². The van der Waals surface area contributed by atoms with Gasteiger partial charge in [0, 0.05) is 31.2 Å². The number of urea groups is 1. The summed E-state index contributed by atoms with van der Waals surface area (Å²) in [5, 5.41) is 2.65. The van der Waals surface area contributed by atoms with E-state index in [0.717, 1.165) is 19.5 Å². The molecule has 2 saturated heterocycles. The van der Waals surface area contributed by atoms with Gasteiger partial charge in [0.2, 0.25) is 0 Å². The number of aryl methyl sites for hydroxylation is 1. The van der Waals surface area contributed by atoms with Crippen molar-refractivity contribution in [2.24, 2.45) is 0 Å². The van der Waals surface area contributed by atoms with Gasteiger partial charge in [-0.3, -0.25) is 4.90 Å². The lowest BCUT2D eigenvalue weighted by Crippen LogP contribution is -2.54. The summed E-state index contributed by atoms with van der Waals surface area (Å²) >= 11 is 0. The van der Waals surface area contributed by atoms with E-state index in [9.17, 15) is 13.6 Å². The number of carbonyl (C=O) groups excluding carboxylic acids is 1. The van der Waals surface area contributed by atoms with Crippen molar-refractivity contribution in [2.45, 2.75) is 32.4 Å². The van der Waals surface area contributed by atoms with Crippen LogP contribution in [0.3, 0.4) is 0 Å². The average Bonchev–Trinajstić information content (AvgIpc) is 2.98. The van der Waals surface area contributed by atoms with E-state index < -0.39 is 11.6 Å². The predicted molar refractivity (Wildman–Crippen MR) is 79.5 cm³/mol. The minimum Gasteiger partial charge on any atom is -0.334 e. The first-order valence-corrected chi connectivity index (χ1v) is 7.76. The molecule has 6 heteroatoms. The number of fused-ring (bicyclic) bond motifs is 1. The van der Waals surface area contributed by atoms with Crippen molar-refractivity contribution in [3.63, 3.8) is 0 Å². The van der Waals surface area contributed by atoms with Gasteiger partial charge in [-0.1, -0.05) is 6.07 Å². The Labute approximate surface area is 129 Å². The van der Waals surface area contributed by atoms with E-state index in [-0.39, 0.29) is 18.1 Å². The van der Waals surface area contributed by atoms with Crippen LogP contribution in [0.15, 0.2) is 12.1 Å². The summed E-state index contributed by atoms with van der Waals surface area (Å²) in [6.07, 6.45) is 2.30. The van der Waals surface area contributed by atoms with Crippen molar-refractivity contribution in [1.29, 1.82) is 0 Å². The summed E-state index contributed by atoms with van der Waals surface area (Å²) < 4.78 is 27.6. The third-order valence-electron chi connectivity index (χ3n) is 4.67. The van der Waals surface area contributed by atoms with Gasteiger partial charge < -0.3 is 10.2 Å². The quantitative estimate of drug-likeness (QED) is 0.909. The van der Waals surface area contributed by atoms with Crippen LogP contribution >= 0.6 is 0 Å². The molecule has 0 bridgehead atoms. The zero-order chi connectivity index (χ0) is 15.7. The summed E-state index contributed by atoms with van der Waals surface area (Å²) in [4.78, 5) is 16.4. The van der Waals surface area contributed by atoms with Gasteiger partial charge in [0.25, 0.3) is 0 Å². The van der Waals surface area contributed by atoms with Crippen molar-refractivity contribution in [3.05, 3.63) is 34.9 Å². The van der Waals surface area contributed by atoms with Gasteiger partial charge in [-0.25, -0.2) is 13.6 Å². The maximum atomic E-state index is 13.9. The molecule has 120 valence electrons. The lowest BCUT2D eigenvalue weighted by molar-refractivity contribution is 0.117. The van der Waals surface area contributed by atoms with Crippen molar-refractivity contribution in [2.75, 3.05) is 26.2 Å². The van der Waals surface area contributed by atoms with Gasteiger partial charge in [0.1, 0.15) is 11.6 Å². The van der Waals surface area contributed by atoms with Crippen LogP contribution in [0.2, 0.25) is 0 Å². The third kappa shape index (κ3) is 2.92. The smallest absolute Gasteiger partial charge is 0.317 e. The molecule has 0 saturated carbocycles. The number of nitrogens with zero attached hydrogens (tertiary/aromatic N) is 2. The van der Waals surface area contributed by atoms with Gasteiger partial charge in [-0.15, -0.1) is 0 Å². The van der Waals surface area contributed by atoms with Crippen LogP contribution in [0.1, 0.15) is 24.0 Å². The van der Waals surface area contributed by atoms with Crippen LogP contribution in [0, 0.1) is 18.6 Å². The van der Waals surface area contributed by atoms with E-state index in [1.165, 1.54) is 18.6 Å². The molecule has 22 heavy (non-hydrogen) atoms. The first kappa shape index (κ1) is 15.2. The monoisotopic (exact) mass is 309 g/mol. The van der Waals surface area contributed by atoms with Crippen molar-refractivity contribution >= 4 is 6.03 Å². The number of nitrogens with one attached hydrogen (secondary N) is 1. The molecule has 2 fully saturated rings. The van der Waals surface area contributed by atoms with E-state index in [1.807, 2.05) is 0 Å². The third-order valence-corrected chi connectivity index (χ3v) is 4.67. The molecule has 1 aromatic rings. The van der Waals surface area contributed by atoms with E-state index >= 15 is 0 Å². The predicted octanol–water partition coefficient (Wildman–Crippen LogP) is 2.26. The fourth-order valence-electron chi connectivity index (χ4n) is 3.33. The van der Waals surface area contributed by atoms with Gasteiger partial charge >= 0.3 is 6.03 Å². The summed E-state index contributed by atoms with van der Waals surface area (Å²) in [6.45, 7) is 4.82. The molecule has 2 aliphatic rings. The van der Waals surface area contributed by atoms with Crippen LogP contribution in [0.5, 0.6) is 0 Å². The molecule has 0 radical (unpaired) electrons. The second kappa shape index (κ2) is 6.20. The molecule has 0 aromatic heterocycles. The zero-order valence-electron chi connectivity index (χ0n) is 12.7. The van der Waals surface area contributed by atoms with Crippen LogP contribution < -0.4 is 5.32 Å². The second-order valence-corrected chi connectivity index (χ2v) is 6.09. The van der Waals surface area contributed by atoms with Crippen LogP contribution in [-0.4, -0.2) is 48.1 Å². The largest absolute Gasteiger partial charge is 0.334 e. The topological polar surface area (TPSA) is 35.6 Å². The lowest BCUT2D eigenvalue weighted by atomic mass is 10.1. The zero-order valence-corrected chi connectivity index (χ0v) is 12.7. The van der Waals surface area contributed by atoms with Crippen LogP contribution in [-0.2, 0) is 6.54 Å². The number of rotatable bonds is 2. The van der Waals surface area contributed by atoms with Crippen LogP contribution in [0.25, 0.3) is 0 Å². The summed E-state index contributed by atoms with van der Waals surface area (Å²) in [5.74, 6) is -1.20. The average molecular weight is 309 g/mol. The molecule has 3 rings (SSSR count). The number of piperazine rings is 1. The molecule has 2 heterocycles. The first-order chi connectivity index (χ1) is 10.6. The minimum atomic E-state index is -0.621. The Morgan fingerprint density at radius 3 is 2.95 bits per heavy atom. The molecule has 2 amide bonds. The Bertz CT molecular complexity index is 579. The standard InChI is InChI=1S/C16H21F2N3O/c1-11-4-5-14(17)13(15(11)18)9-19-16(22)21-8-7-20-6-2-3-12(20)10-21/h4-5,12H,2-3,6-10H2,1H3,(H,19,22)/t12-/m1/s1.